The van der Waals surface area contributed by atoms with Gasteiger partial charge in [0, 0.05) is 25.4 Å². The van der Waals surface area contributed by atoms with Crippen molar-refractivity contribution in [3.05, 3.63) is 18.3 Å². The number of aromatic nitrogens is 1. The molecule has 6 heteroatoms. The molecule has 0 radical (unpaired) electrons. The van der Waals surface area contributed by atoms with Gasteiger partial charge in [-0.05, 0) is 46.2 Å². The molecule has 2 N–H and O–H groups in total. The standard InChI is InChI=1S/C15H25N3O3/c1-11(2)18(9-6-10-19)15(20)17-13-7-5-8-16-14(13)21-12(3)4/h5,7-8,11-12,19H,6,9-10H2,1-4H3,(H,17,20). The van der Waals surface area contributed by atoms with Gasteiger partial charge in [-0.3, -0.25) is 0 Å². The van der Waals surface area contributed by atoms with E-state index in [4.69, 9.17) is 9.84 Å². The highest BCUT2D eigenvalue weighted by Crippen LogP contribution is 2.22. The summed E-state index contributed by atoms with van der Waals surface area (Å²) in [6, 6.07) is 3.33. The van der Waals surface area contributed by atoms with Gasteiger partial charge in [0.25, 0.3) is 0 Å². The Morgan fingerprint density at radius 2 is 2.14 bits per heavy atom. The third kappa shape index (κ3) is 5.59. The van der Waals surface area contributed by atoms with Crippen molar-refractivity contribution < 1.29 is 14.6 Å². The molecule has 0 aromatic carbocycles. The summed E-state index contributed by atoms with van der Waals surface area (Å²) < 4.78 is 5.58. The van der Waals surface area contributed by atoms with Crippen LogP contribution in [0.1, 0.15) is 34.1 Å². The number of carbonyl (C=O) groups excluding carboxylic acids is 1. The molecule has 6 nitrogen and oxygen atoms in total. The van der Waals surface area contributed by atoms with Crippen LogP contribution in [-0.2, 0) is 0 Å². The Morgan fingerprint density at radius 1 is 1.43 bits per heavy atom. The molecule has 2 amide bonds. The van der Waals surface area contributed by atoms with E-state index in [-0.39, 0.29) is 24.8 Å². The largest absolute Gasteiger partial charge is 0.473 e. The summed E-state index contributed by atoms with van der Waals surface area (Å²) in [5, 5.41) is 11.7. The molecule has 0 bridgehead atoms. The Morgan fingerprint density at radius 3 is 2.71 bits per heavy atom. The van der Waals surface area contributed by atoms with Gasteiger partial charge in [0.1, 0.15) is 5.69 Å². The number of pyridine rings is 1. The Labute approximate surface area is 126 Å². The summed E-state index contributed by atoms with van der Waals surface area (Å²) >= 11 is 0. The van der Waals surface area contributed by atoms with E-state index in [1.165, 1.54) is 0 Å². The minimum atomic E-state index is -0.222. The van der Waals surface area contributed by atoms with E-state index in [1.807, 2.05) is 27.7 Å². The van der Waals surface area contributed by atoms with Crippen LogP contribution in [0.3, 0.4) is 0 Å². The molecule has 0 aliphatic heterocycles. The fraction of sp³-hybridized carbons (Fsp3) is 0.600. The fourth-order valence-corrected chi connectivity index (χ4v) is 1.83. The Bertz CT molecular complexity index is 450. The lowest BCUT2D eigenvalue weighted by Crippen LogP contribution is -2.41. The number of nitrogens with zero attached hydrogens (tertiary/aromatic N) is 2. The zero-order valence-corrected chi connectivity index (χ0v) is 13.2. The first-order valence-electron chi connectivity index (χ1n) is 7.25. The molecule has 0 aliphatic carbocycles. The zero-order chi connectivity index (χ0) is 15.8. The number of amides is 2. The summed E-state index contributed by atoms with van der Waals surface area (Å²) in [4.78, 5) is 18.2. The zero-order valence-electron chi connectivity index (χ0n) is 13.2. The summed E-state index contributed by atoms with van der Waals surface area (Å²) in [6.07, 6.45) is 2.15. The van der Waals surface area contributed by atoms with Crippen LogP contribution in [0.5, 0.6) is 5.88 Å². The summed E-state index contributed by atoms with van der Waals surface area (Å²) in [5.41, 5.74) is 0.547. The van der Waals surface area contributed by atoms with E-state index in [1.54, 1.807) is 23.2 Å². The first-order chi connectivity index (χ1) is 9.95. The maximum Gasteiger partial charge on any atom is 0.322 e. The number of hydrogen-bond acceptors (Lipinski definition) is 4. The Kier molecular flexibility index (Phi) is 6.94. The van der Waals surface area contributed by atoms with Crippen molar-refractivity contribution in [1.29, 1.82) is 0 Å². The van der Waals surface area contributed by atoms with Crippen LogP contribution in [0.15, 0.2) is 18.3 Å². The van der Waals surface area contributed by atoms with E-state index in [0.717, 1.165) is 0 Å². The molecule has 0 spiro atoms. The van der Waals surface area contributed by atoms with Crippen LogP contribution in [-0.4, -0.2) is 46.3 Å². The van der Waals surface area contributed by atoms with Crippen LogP contribution in [0, 0.1) is 0 Å². The third-order valence-corrected chi connectivity index (χ3v) is 2.80. The number of urea groups is 1. The lowest BCUT2D eigenvalue weighted by atomic mass is 10.3. The number of carbonyl (C=O) groups is 1. The number of rotatable bonds is 7. The van der Waals surface area contributed by atoms with Crippen molar-refractivity contribution in [3.63, 3.8) is 0 Å². The third-order valence-electron chi connectivity index (χ3n) is 2.80. The monoisotopic (exact) mass is 295 g/mol. The van der Waals surface area contributed by atoms with E-state index >= 15 is 0 Å². The first-order valence-corrected chi connectivity index (χ1v) is 7.25. The molecule has 0 unspecified atom stereocenters. The topological polar surface area (TPSA) is 74.7 Å². The van der Waals surface area contributed by atoms with Crippen LogP contribution in [0.2, 0.25) is 0 Å². The Hall–Kier alpha value is -1.82. The van der Waals surface area contributed by atoms with Crippen LogP contribution in [0.4, 0.5) is 10.5 Å². The predicted molar refractivity (Wildman–Crippen MR) is 82.6 cm³/mol. The van der Waals surface area contributed by atoms with Crippen molar-refractivity contribution >= 4 is 11.7 Å². The molecular weight excluding hydrogens is 270 g/mol. The molecule has 0 saturated heterocycles. The van der Waals surface area contributed by atoms with Crippen LogP contribution in [0.25, 0.3) is 0 Å². The number of nitrogens with one attached hydrogen (secondary N) is 1. The number of aliphatic hydroxyl groups is 1. The maximum atomic E-state index is 12.3. The Balaban J connectivity index is 2.81. The van der Waals surface area contributed by atoms with Crippen LogP contribution < -0.4 is 10.1 Å². The minimum absolute atomic E-state index is 0.0221. The number of anilines is 1. The smallest absolute Gasteiger partial charge is 0.322 e. The fourth-order valence-electron chi connectivity index (χ4n) is 1.83. The van der Waals surface area contributed by atoms with Gasteiger partial charge in [0.2, 0.25) is 5.88 Å². The van der Waals surface area contributed by atoms with Crippen molar-refractivity contribution in [2.75, 3.05) is 18.5 Å². The van der Waals surface area contributed by atoms with Gasteiger partial charge in [-0.2, -0.15) is 0 Å². The summed E-state index contributed by atoms with van der Waals surface area (Å²) in [7, 11) is 0. The lowest BCUT2D eigenvalue weighted by Gasteiger charge is -2.27. The van der Waals surface area contributed by atoms with Crippen LogP contribution >= 0.6 is 0 Å². The van der Waals surface area contributed by atoms with Gasteiger partial charge in [0.15, 0.2) is 0 Å². The average molecular weight is 295 g/mol. The molecule has 0 atom stereocenters. The molecule has 0 saturated carbocycles. The SMILES string of the molecule is CC(C)Oc1ncccc1NC(=O)N(CCCO)C(C)C. The highest BCUT2D eigenvalue weighted by molar-refractivity contribution is 5.90. The molecule has 0 aliphatic rings. The van der Waals surface area contributed by atoms with Crippen molar-refractivity contribution in [2.45, 2.75) is 46.3 Å². The summed E-state index contributed by atoms with van der Waals surface area (Å²) in [6.45, 7) is 8.24. The lowest BCUT2D eigenvalue weighted by molar-refractivity contribution is 0.186. The van der Waals surface area contributed by atoms with E-state index < -0.39 is 0 Å². The number of hydrogen-bond donors (Lipinski definition) is 2. The van der Waals surface area contributed by atoms with E-state index in [0.29, 0.717) is 24.5 Å². The second-order valence-corrected chi connectivity index (χ2v) is 5.32. The van der Waals surface area contributed by atoms with Gasteiger partial charge in [-0.25, -0.2) is 9.78 Å². The first kappa shape index (κ1) is 17.2. The normalized spacial score (nSPS) is 10.8. The molecule has 1 aromatic heterocycles. The van der Waals surface area contributed by atoms with Crippen molar-refractivity contribution in [2.24, 2.45) is 0 Å². The predicted octanol–water partition coefficient (Wildman–Crippen LogP) is 2.49. The molecule has 21 heavy (non-hydrogen) atoms. The molecule has 0 fully saturated rings. The number of aliphatic hydroxyl groups excluding tert-OH is 1. The number of ether oxygens (including phenoxy) is 1. The van der Waals surface area contributed by atoms with Crippen molar-refractivity contribution in [3.8, 4) is 5.88 Å². The molecular formula is C15H25N3O3. The summed E-state index contributed by atoms with van der Waals surface area (Å²) in [5.74, 6) is 0.409. The molecule has 118 valence electrons. The maximum absolute atomic E-state index is 12.3. The van der Waals surface area contributed by atoms with Gasteiger partial charge in [-0.1, -0.05) is 0 Å². The van der Waals surface area contributed by atoms with Crippen molar-refractivity contribution in [1.82, 2.24) is 9.88 Å². The molecule has 1 aromatic rings. The highest BCUT2D eigenvalue weighted by atomic mass is 16.5. The molecule has 1 rings (SSSR count). The average Bonchev–Trinajstić information content (AvgIpc) is 2.40. The van der Waals surface area contributed by atoms with Gasteiger partial charge in [0.05, 0.1) is 6.10 Å². The van der Waals surface area contributed by atoms with E-state index in [9.17, 15) is 4.79 Å². The second kappa shape index (κ2) is 8.46. The second-order valence-electron chi connectivity index (χ2n) is 5.32. The van der Waals surface area contributed by atoms with E-state index in [2.05, 4.69) is 10.3 Å². The minimum Gasteiger partial charge on any atom is -0.473 e. The van der Waals surface area contributed by atoms with Gasteiger partial charge in [-0.15, -0.1) is 0 Å². The molecule has 1 heterocycles. The van der Waals surface area contributed by atoms with Gasteiger partial charge < -0.3 is 20.1 Å². The van der Waals surface area contributed by atoms with Gasteiger partial charge >= 0.3 is 6.03 Å². The highest BCUT2D eigenvalue weighted by Gasteiger charge is 2.18. The quantitative estimate of drug-likeness (QED) is 0.810.